The maximum atomic E-state index is 11.7. The van der Waals surface area contributed by atoms with Gasteiger partial charge in [-0.25, -0.2) is 0 Å². The van der Waals surface area contributed by atoms with E-state index in [9.17, 15) is 9.90 Å². The molecule has 1 fully saturated rings. The van der Waals surface area contributed by atoms with Gasteiger partial charge >= 0.3 is 5.97 Å². The number of rotatable bonds is 10. The highest BCUT2D eigenvalue weighted by molar-refractivity contribution is 5.78. The molecule has 1 unspecified atom stereocenters. The fourth-order valence-electron chi connectivity index (χ4n) is 3.09. The van der Waals surface area contributed by atoms with Crippen molar-refractivity contribution in [3.63, 3.8) is 0 Å². The van der Waals surface area contributed by atoms with Crippen molar-refractivity contribution < 1.29 is 9.90 Å². The molecule has 1 rings (SSSR count). The predicted molar refractivity (Wildman–Crippen MR) is 87.6 cm³/mol. The number of nitrogens with zero attached hydrogens (tertiary/aromatic N) is 1. The molecule has 21 heavy (non-hydrogen) atoms. The van der Waals surface area contributed by atoms with Gasteiger partial charge in [-0.15, -0.1) is 0 Å². The van der Waals surface area contributed by atoms with Gasteiger partial charge in [0.25, 0.3) is 0 Å². The second-order valence-electron chi connectivity index (χ2n) is 7.16. The molecule has 124 valence electrons. The van der Waals surface area contributed by atoms with E-state index in [1.165, 1.54) is 25.7 Å². The van der Waals surface area contributed by atoms with Crippen molar-refractivity contribution in [1.82, 2.24) is 10.2 Å². The van der Waals surface area contributed by atoms with Crippen molar-refractivity contribution in [2.24, 2.45) is 5.92 Å². The Bertz CT molecular complexity index is 314. The third kappa shape index (κ3) is 5.95. The standard InChI is InChI=1S/C17H34N2O2/c1-5-11-18-17(4,16(20)21)13-19(12-10-14(2)3)15-8-6-7-9-15/h14-15,18H,5-13H2,1-4H3,(H,20,21). The summed E-state index contributed by atoms with van der Waals surface area (Å²) in [5.41, 5.74) is -0.838. The van der Waals surface area contributed by atoms with Gasteiger partial charge in [0.05, 0.1) is 0 Å². The lowest BCUT2D eigenvalue weighted by atomic mass is 9.99. The van der Waals surface area contributed by atoms with Gasteiger partial charge in [0.1, 0.15) is 5.54 Å². The maximum absolute atomic E-state index is 11.7. The molecule has 0 radical (unpaired) electrons. The van der Waals surface area contributed by atoms with Crippen LogP contribution in [-0.4, -0.2) is 47.2 Å². The van der Waals surface area contributed by atoms with Gasteiger partial charge in [-0.3, -0.25) is 9.69 Å². The molecule has 0 aromatic carbocycles. The number of hydrogen-bond donors (Lipinski definition) is 2. The Balaban J connectivity index is 2.72. The molecule has 0 aromatic rings. The quantitative estimate of drug-likeness (QED) is 0.650. The molecule has 1 atom stereocenters. The first-order chi connectivity index (χ1) is 9.89. The molecule has 4 nitrogen and oxygen atoms in total. The molecule has 1 aliphatic carbocycles. The summed E-state index contributed by atoms with van der Waals surface area (Å²) >= 11 is 0. The van der Waals surface area contributed by atoms with E-state index < -0.39 is 11.5 Å². The molecule has 0 saturated heterocycles. The van der Waals surface area contributed by atoms with Gasteiger partial charge in [0.15, 0.2) is 0 Å². The normalized spacial score (nSPS) is 19.3. The van der Waals surface area contributed by atoms with E-state index in [1.54, 1.807) is 0 Å². The topological polar surface area (TPSA) is 52.6 Å². The molecule has 0 amide bonds. The van der Waals surface area contributed by atoms with Gasteiger partial charge in [0, 0.05) is 12.6 Å². The number of carboxylic acid groups (broad SMARTS) is 1. The van der Waals surface area contributed by atoms with Crippen LogP contribution in [0.2, 0.25) is 0 Å². The third-order valence-electron chi connectivity index (χ3n) is 4.59. The van der Waals surface area contributed by atoms with Gasteiger partial charge < -0.3 is 10.4 Å². The molecular weight excluding hydrogens is 264 g/mol. The van der Waals surface area contributed by atoms with Crippen LogP contribution in [-0.2, 0) is 4.79 Å². The van der Waals surface area contributed by atoms with Crippen molar-refractivity contribution in [3.05, 3.63) is 0 Å². The maximum Gasteiger partial charge on any atom is 0.324 e. The zero-order valence-electron chi connectivity index (χ0n) is 14.3. The van der Waals surface area contributed by atoms with Crippen LogP contribution in [0.1, 0.15) is 66.2 Å². The predicted octanol–water partition coefficient (Wildman–Crippen LogP) is 3.12. The smallest absolute Gasteiger partial charge is 0.324 e. The highest BCUT2D eigenvalue weighted by Crippen LogP contribution is 2.25. The average molecular weight is 298 g/mol. The molecule has 1 aliphatic rings. The average Bonchev–Trinajstić information content (AvgIpc) is 2.94. The first kappa shape index (κ1) is 18.4. The third-order valence-corrected chi connectivity index (χ3v) is 4.59. The van der Waals surface area contributed by atoms with Gasteiger partial charge in [-0.2, -0.15) is 0 Å². The Hall–Kier alpha value is -0.610. The fourth-order valence-corrected chi connectivity index (χ4v) is 3.09. The van der Waals surface area contributed by atoms with Gasteiger partial charge in [-0.05, 0) is 51.6 Å². The minimum atomic E-state index is -0.838. The lowest BCUT2D eigenvalue weighted by Gasteiger charge is -2.37. The summed E-state index contributed by atoms with van der Waals surface area (Å²) in [6, 6.07) is 0.575. The SMILES string of the molecule is CCCNC(C)(CN(CCC(C)C)C1CCCC1)C(=O)O. The largest absolute Gasteiger partial charge is 0.480 e. The van der Waals surface area contributed by atoms with Crippen molar-refractivity contribution in [2.45, 2.75) is 77.8 Å². The monoisotopic (exact) mass is 298 g/mol. The summed E-state index contributed by atoms with van der Waals surface area (Å²) in [5, 5.41) is 12.9. The second kappa shape index (κ2) is 8.74. The Morgan fingerprint density at radius 3 is 2.48 bits per heavy atom. The minimum absolute atomic E-state index is 0.575. The zero-order valence-corrected chi connectivity index (χ0v) is 14.3. The molecule has 0 bridgehead atoms. The molecular formula is C17H34N2O2. The van der Waals surface area contributed by atoms with Crippen LogP contribution >= 0.6 is 0 Å². The molecule has 4 heteroatoms. The Labute approximate surface area is 130 Å². The number of aliphatic carboxylic acids is 1. The van der Waals surface area contributed by atoms with Gasteiger partial charge in [0.2, 0.25) is 0 Å². The van der Waals surface area contributed by atoms with E-state index in [1.807, 2.05) is 6.92 Å². The molecule has 0 spiro atoms. The van der Waals surface area contributed by atoms with Crippen molar-refractivity contribution in [1.29, 1.82) is 0 Å². The van der Waals surface area contributed by atoms with E-state index in [-0.39, 0.29) is 0 Å². The van der Waals surface area contributed by atoms with E-state index >= 15 is 0 Å². The van der Waals surface area contributed by atoms with Crippen molar-refractivity contribution >= 4 is 5.97 Å². The summed E-state index contributed by atoms with van der Waals surface area (Å²) in [5.74, 6) is -0.0721. The lowest BCUT2D eigenvalue weighted by molar-refractivity contribution is -0.145. The summed E-state index contributed by atoms with van der Waals surface area (Å²) < 4.78 is 0. The van der Waals surface area contributed by atoms with Crippen molar-refractivity contribution in [3.8, 4) is 0 Å². The summed E-state index contributed by atoms with van der Waals surface area (Å²) in [6.45, 7) is 10.8. The van der Waals surface area contributed by atoms with E-state index in [0.29, 0.717) is 18.5 Å². The molecule has 0 heterocycles. The fraction of sp³-hybridized carbons (Fsp3) is 0.941. The zero-order chi connectivity index (χ0) is 15.9. The lowest BCUT2D eigenvalue weighted by Crippen LogP contribution is -2.58. The van der Waals surface area contributed by atoms with Crippen LogP contribution in [0.3, 0.4) is 0 Å². The molecule has 0 aromatic heterocycles. The number of nitrogens with one attached hydrogen (secondary N) is 1. The van der Waals surface area contributed by atoms with E-state index in [0.717, 1.165) is 25.9 Å². The minimum Gasteiger partial charge on any atom is -0.480 e. The first-order valence-corrected chi connectivity index (χ1v) is 8.61. The van der Waals surface area contributed by atoms with Crippen LogP contribution in [0, 0.1) is 5.92 Å². The van der Waals surface area contributed by atoms with Crippen LogP contribution in [0.25, 0.3) is 0 Å². The Morgan fingerprint density at radius 1 is 1.38 bits per heavy atom. The van der Waals surface area contributed by atoms with Crippen LogP contribution < -0.4 is 5.32 Å². The molecule has 0 aliphatic heterocycles. The number of carboxylic acids is 1. The van der Waals surface area contributed by atoms with Crippen LogP contribution in [0.5, 0.6) is 0 Å². The summed E-state index contributed by atoms with van der Waals surface area (Å²) in [6.07, 6.45) is 7.12. The summed E-state index contributed by atoms with van der Waals surface area (Å²) in [7, 11) is 0. The number of hydrogen-bond acceptors (Lipinski definition) is 3. The van der Waals surface area contributed by atoms with Crippen molar-refractivity contribution in [2.75, 3.05) is 19.6 Å². The summed E-state index contributed by atoms with van der Waals surface area (Å²) in [4.78, 5) is 14.2. The second-order valence-corrected chi connectivity index (χ2v) is 7.16. The van der Waals surface area contributed by atoms with E-state index in [4.69, 9.17) is 0 Å². The Morgan fingerprint density at radius 2 is 2.00 bits per heavy atom. The Kier molecular flexibility index (Phi) is 7.67. The van der Waals surface area contributed by atoms with Gasteiger partial charge in [-0.1, -0.05) is 33.6 Å². The molecule has 2 N–H and O–H groups in total. The number of carbonyl (C=O) groups is 1. The first-order valence-electron chi connectivity index (χ1n) is 8.61. The highest BCUT2D eigenvalue weighted by atomic mass is 16.4. The molecule has 1 saturated carbocycles. The van der Waals surface area contributed by atoms with Crippen LogP contribution in [0.15, 0.2) is 0 Å². The van der Waals surface area contributed by atoms with E-state index in [2.05, 4.69) is 31.0 Å². The highest BCUT2D eigenvalue weighted by Gasteiger charge is 2.36. The van der Waals surface area contributed by atoms with Crippen LogP contribution in [0.4, 0.5) is 0 Å².